The van der Waals surface area contributed by atoms with Crippen LogP contribution < -0.4 is 14.4 Å². The topological polar surface area (TPSA) is 77.4 Å². The van der Waals surface area contributed by atoms with Gasteiger partial charge in [0.25, 0.3) is 0 Å². The van der Waals surface area contributed by atoms with Crippen molar-refractivity contribution < 1.29 is 36.2 Å². The van der Waals surface area contributed by atoms with E-state index in [1.54, 1.807) is 6.07 Å². The number of halogens is 5. The molecule has 1 aliphatic rings. The van der Waals surface area contributed by atoms with Crippen LogP contribution in [0.15, 0.2) is 67.0 Å². The second kappa shape index (κ2) is 11.8. The molecule has 6 rings (SSSR count). The van der Waals surface area contributed by atoms with Gasteiger partial charge in [0.15, 0.2) is 11.6 Å². The quantitative estimate of drug-likeness (QED) is 0.171. The van der Waals surface area contributed by atoms with Gasteiger partial charge in [0.1, 0.15) is 23.9 Å². The summed E-state index contributed by atoms with van der Waals surface area (Å²) in [5.74, 6) is -2.29. The number of hydrogen-bond donors (Lipinski definition) is 0. The van der Waals surface area contributed by atoms with Crippen LogP contribution in [0.1, 0.15) is 35.1 Å². The predicted octanol–water partition coefficient (Wildman–Crippen LogP) is 8.10. The summed E-state index contributed by atoms with van der Waals surface area (Å²) in [7, 11) is 0. The minimum atomic E-state index is -4.76. The molecule has 1 saturated heterocycles. The van der Waals surface area contributed by atoms with Crippen LogP contribution in [0.25, 0.3) is 22.2 Å². The number of benzene rings is 2. The number of nitrogens with zero attached hydrogens (tertiary/aromatic N) is 4. The monoisotopic (exact) mass is 620 g/mol. The zero-order chi connectivity index (χ0) is 31.9. The maximum atomic E-state index is 14.4. The Morgan fingerprint density at radius 3 is 2.44 bits per heavy atom. The maximum Gasteiger partial charge on any atom is 0.418 e. The van der Waals surface area contributed by atoms with Crippen LogP contribution in [0, 0.1) is 25.5 Å². The van der Waals surface area contributed by atoms with E-state index in [0.717, 1.165) is 11.6 Å². The summed E-state index contributed by atoms with van der Waals surface area (Å²) >= 11 is 0. The van der Waals surface area contributed by atoms with Crippen LogP contribution in [0.5, 0.6) is 17.4 Å². The van der Waals surface area contributed by atoms with Crippen molar-refractivity contribution in [2.24, 2.45) is 0 Å². The second-order valence-electron chi connectivity index (χ2n) is 10.5. The highest BCUT2D eigenvalue weighted by Crippen LogP contribution is 2.44. The largest absolute Gasteiger partial charge is 0.488 e. The molecule has 2 aromatic carbocycles. The molecule has 0 N–H and O–H groups in total. The van der Waals surface area contributed by atoms with Crippen LogP contribution in [0.4, 0.5) is 27.8 Å². The molecule has 0 saturated carbocycles. The van der Waals surface area contributed by atoms with Crippen molar-refractivity contribution in [3.63, 3.8) is 0 Å². The Kier molecular flexibility index (Phi) is 7.81. The van der Waals surface area contributed by atoms with E-state index in [1.165, 1.54) is 37.1 Å². The molecule has 0 unspecified atom stereocenters. The molecular formula is C33H25F5N4O3. The number of amides is 1. The number of carbonyl (C=O) groups is 1. The van der Waals surface area contributed by atoms with Gasteiger partial charge in [-0.15, -0.1) is 0 Å². The average Bonchev–Trinajstić information content (AvgIpc) is 3.45. The average molecular weight is 621 g/mol. The first-order valence-corrected chi connectivity index (χ1v) is 14.0. The summed E-state index contributed by atoms with van der Waals surface area (Å²) in [6.45, 7) is 3.07. The first kappa shape index (κ1) is 29.9. The van der Waals surface area contributed by atoms with Crippen molar-refractivity contribution in [3.05, 3.63) is 101 Å². The Balaban J connectivity index is 1.57. The van der Waals surface area contributed by atoms with Gasteiger partial charge in [-0.25, -0.2) is 23.7 Å². The summed E-state index contributed by atoms with van der Waals surface area (Å²) in [5, 5.41) is 0.406. The first-order valence-electron chi connectivity index (χ1n) is 14.0. The third-order valence-corrected chi connectivity index (χ3v) is 7.59. The summed E-state index contributed by atoms with van der Waals surface area (Å²) in [5.41, 5.74) is -0.466. The third-order valence-electron chi connectivity index (χ3n) is 7.59. The van der Waals surface area contributed by atoms with Crippen molar-refractivity contribution in [2.45, 2.75) is 39.5 Å². The smallest absolute Gasteiger partial charge is 0.418 e. The number of hydrogen-bond acceptors (Lipinski definition) is 6. The zero-order valence-electron chi connectivity index (χ0n) is 24.1. The fraction of sp³-hybridized carbons (Fsp3) is 0.212. The fourth-order valence-electron chi connectivity index (χ4n) is 5.28. The van der Waals surface area contributed by atoms with Gasteiger partial charge in [0.2, 0.25) is 11.8 Å². The molecule has 0 spiro atoms. The highest BCUT2D eigenvalue weighted by molar-refractivity contribution is 6.05. The minimum Gasteiger partial charge on any atom is -0.488 e. The Hall–Kier alpha value is -5.13. The maximum absolute atomic E-state index is 14.4. The van der Waals surface area contributed by atoms with E-state index in [0.29, 0.717) is 42.3 Å². The van der Waals surface area contributed by atoms with Crippen molar-refractivity contribution in [1.29, 1.82) is 0 Å². The number of pyridine rings is 3. The number of aromatic nitrogens is 3. The number of carbonyl (C=O) groups excluding carboxylic acids is 1. The number of anilines is 1. The number of rotatable bonds is 7. The van der Waals surface area contributed by atoms with E-state index in [-0.39, 0.29) is 52.3 Å². The summed E-state index contributed by atoms with van der Waals surface area (Å²) in [6.07, 6.45) is -1.69. The van der Waals surface area contributed by atoms with Gasteiger partial charge >= 0.3 is 6.18 Å². The second-order valence-corrected chi connectivity index (χ2v) is 10.5. The summed E-state index contributed by atoms with van der Waals surface area (Å²) in [6, 6.07) is 14.3. The predicted molar refractivity (Wildman–Crippen MR) is 156 cm³/mol. The van der Waals surface area contributed by atoms with E-state index in [1.807, 2.05) is 30.3 Å². The Labute approximate surface area is 254 Å². The lowest BCUT2D eigenvalue weighted by molar-refractivity contribution is -0.138. The van der Waals surface area contributed by atoms with Gasteiger partial charge in [-0.05, 0) is 49.6 Å². The summed E-state index contributed by atoms with van der Waals surface area (Å²) < 4.78 is 82.6. The standard InChI is InChI=1S/C33H25F5N4O3/c1-18-21(33(36,37)38)16-40-32(45-25-11-10-22(34)30(35)19(25)2)28(18)24-15-26(44-17-20-7-4-3-5-8-20)29-23(41-24)12-13-39-31(29)42-14-6-9-27(42)43/h3-5,7-8,10-13,15-16H,6,9,14,17H2,1-2H3. The molecule has 3 aromatic heterocycles. The molecule has 0 aliphatic carbocycles. The lowest BCUT2D eigenvalue weighted by atomic mass is 10.0. The van der Waals surface area contributed by atoms with Crippen molar-refractivity contribution >= 4 is 22.6 Å². The molecular weight excluding hydrogens is 595 g/mol. The molecule has 4 heterocycles. The summed E-state index contributed by atoms with van der Waals surface area (Å²) in [4.78, 5) is 27.3. The number of alkyl halides is 3. The molecule has 0 radical (unpaired) electrons. The molecule has 7 nitrogen and oxygen atoms in total. The highest BCUT2D eigenvalue weighted by atomic mass is 19.4. The van der Waals surface area contributed by atoms with Gasteiger partial charge in [0, 0.05) is 37.0 Å². The van der Waals surface area contributed by atoms with Crippen LogP contribution in [0.2, 0.25) is 0 Å². The third kappa shape index (κ3) is 5.75. The van der Waals surface area contributed by atoms with Gasteiger partial charge in [0.05, 0.1) is 27.7 Å². The Morgan fingerprint density at radius 2 is 1.73 bits per heavy atom. The molecule has 1 amide bonds. The van der Waals surface area contributed by atoms with Gasteiger partial charge in [-0.2, -0.15) is 13.2 Å². The lowest BCUT2D eigenvalue weighted by Crippen LogP contribution is -2.25. The minimum absolute atomic E-state index is 0.0156. The van der Waals surface area contributed by atoms with Gasteiger partial charge < -0.3 is 9.47 Å². The zero-order valence-corrected chi connectivity index (χ0v) is 24.1. The lowest BCUT2D eigenvalue weighted by Gasteiger charge is -2.21. The van der Waals surface area contributed by atoms with Crippen molar-refractivity contribution in [1.82, 2.24) is 15.0 Å². The Morgan fingerprint density at radius 1 is 0.956 bits per heavy atom. The molecule has 0 atom stereocenters. The van der Waals surface area contributed by atoms with Crippen molar-refractivity contribution in [2.75, 3.05) is 11.4 Å². The molecule has 1 aliphatic heterocycles. The van der Waals surface area contributed by atoms with E-state index in [4.69, 9.17) is 9.47 Å². The van der Waals surface area contributed by atoms with E-state index < -0.39 is 23.4 Å². The molecule has 0 bridgehead atoms. The number of ether oxygens (including phenoxy) is 2. The van der Waals surface area contributed by atoms with Crippen LogP contribution >= 0.6 is 0 Å². The van der Waals surface area contributed by atoms with Crippen LogP contribution in [-0.4, -0.2) is 27.4 Å². The van der Waals surface area contributed by atoms with E-state index >= 15 is 0 Å². The normalized spacial score (nSPS) is 13.5. The van der Waals surface area contributed by atoms with E-state index in [9.17, 15) is 26.7 Å². The van der Waals surface area contributed by atoms with Crippen LogP contribution in [-0.2, 0) is 17.6 Å². The molecule has 230 valence electrons. The van der Waals surface area contributed by atoms with Gasteiger partial charge in [-0.1, -0.05) is 30.3 Å². The SMILES string of the molecule is Cc1c(Oc2ncc(C(F)(F)F)c(C)c2-c2cc(OCc3ccccc3)c3c(N4CCCC4=O)nccc3n2)ccc(F)c1F. The molecule has 45 heavy (non-hydrogen) atoms. The Bertz CT molecular complexity index is 1930. The first-order chi connectivity index (χ1) is 21.5. The van der Waals surface area contributed by atoms with Crippen molar-refractivity contribution in [3.8, 4) is 28.6 Å². The van der Waals surface area contributed by atoms with Crippen LogP contribution in [0.3, 0.4) is 0 Å². The molecule has 5 aromatic rings. The highest BCUT2D eigenvalue weighted by Gasteiger charge is 2.36. The van der Waals surface area contributed by atoms with Gasteiger partial charge in [-0.3, -0.25) is 9.69 Å². The van der Waals surface area contributed by atoms with E-state index in [2.05, 4.69) is 15.0 Å². The number of fused-ring (bicyclic) bond motifs is 1. The molecule has 12 heteroatoms. The fourth-order valence-corrected chi connectivity index (χ4v) is 5.28. The molecule has 1 fully saturated rings.